The average molecular weight is 240 g/mol. The van der Waals surface area contributed by atoms with Crippen molar-refractivity contribution in [1.82, 2.24) is 19.9 Å². The largest absolute Gasteiger partial charge is 0.480 e. The summed E-state index contributed by atoms with van der Waals surface area (Å²) >= 11 is 0. The van der Waals surface area contributed by atoms with Gasteiger partial charge in [0.05, 0.1) is 6.20 Å². The fourth-order valence-corrected chi connectivity index (χ4v) is 1.27. The maximum Gasteiger partial charge on any atom is 0.325 e. The van der Waals surface area contributed by atoms with E-state index >= 15 is 0 Å². The van der Waals surface area contributed by atoms with Crippen molar-refractivity contribution >= 4 is 11.9 Å². The molecule has 1 atom stereocenters. The zero-order valence-corrected chi connectivity index (χ0v) is 10.1. The monoisotopic (exact) mass is 240 g/mol. The lowest BCUT2D eigenvalue weighted by molar-refractivity contribution is -0.137. The normalized spacial score (nSPS) is 12.2. The Morgan fingerprint density at radius 3 is 2.76 bits per heavy atom. The van der Waals surface area contributed by atoms with Crippen LogP contribution in [-0.4, -0.2) is 50.0 Å². The number of aromatic nitrogens is 3. The number of amides is 1. The number of hydrogen-bond donors (Lipinski definition) is 1. The van der Waals surface area contributed by atoms with E-state index in [-0.39, 0.29) is 24.2 Å². The summed E-state index contributed by atoms with van der Waals surface area (Å²) in [6.07, 6.45) is 2.18. The predicted octanol–water partition coefficient (Wildman–Crippen LogP) is 0.233. The molecule has 94 valence electrons. The Bertz CT molecular complexity index is 415. The van der Waals surface area contributed by atoms with Crippen molar-refractivity contribution in [3.8, 4) is 0 Å². The third kappa shape index (κ3) is 3.27. The van der Waals surface area contributed by atoms with Crippen LogP contribution in [0.4, 0.5) is 0 Å². The Morgan fingerprint density at radius 2 is 2.24 bits per heavy atom. The highest BCUT2D eigenvalue weighted by molar-refractivity contribution is 5.91. The molecule has 0 saturated carbocycles. The minimum atomic E-state index is -1.02. The van der Waals surface area contributed by atoms with Crippen molar-refractivity contribution in [3.05, 3.63) is 11.9 Å². The van der Waals surface area contributed by atoms with E-state index < -0.39 is 5.97 Å². The minimum Gasteiger partial charge on any atom is -0.480 e. The van der Waals surface area contributed by atoms with Gasteiger partial charge in [0, 0.05) is 13.1 Å². The smallest absolute Gasteiger partial charge is 0.325 e. The van der Waals surface area contributed by atoms with Gasteiger partial charge in [0.15, 0.2) is 5.69 Å². The zero-order chi connectivity index (χ0) is 13.0. The summed E-state index contributed by atoms with van der Waals surface area (Å²) in [5.74, 6) is -1.28. The Labute approximate surface area is 99.0 Å². The Balaban J connectivity index is 2.76. The molecule has 7 nitrogen and oxygen atoms in total. The van der Waals surface area contributed by atoms with E-state index in [0.29, 0.717) is 0 Å². The summed E-state index contributed by atoms with van der Waals surface area (Å²) in [5.41, 5.74) is 0.161. The van der Waals surface area contributed by atoms with Crippen molar-refractivity contribution in [2.45, 2.75) is 32.9 Å². The van der Waals surface area contributed by atoms with Crippen LogP contribution in [0.5, 0.6) is 0 Å². The fraction of sp³-hybridized carbons (Fsp3) is 0.600. The van der Waals surface area contributed by atoms with E-state index in [2.05, 4.69) is 10.3 Å². The third-order valence-electron chi connectivity index (χ3n) is 2.63. The highest BCUT2D eigenvalue weighted by atomic mass is 16.4. The molecule has 0 aromatic carbocycles. The van der Waals surface area contributed by atoms with E-state index in [1.807, 2.05) is 13.8 Å². The molecule has 0 spiro atoms. The van der Waals surface area contributed by atoms with Crippen molar-refractivity contribution in [1.29, 1.82) is 0 Å². The van der Waals surface area contributed by atoms with E-state index in [1.54, 1.807) is 11.9 Å². The molecule has 7 heteroatoms. The summed E-state index contributed by atoms with van der Waals surface area (Å²) < 4.78 is 1.13. The predicted molar refractivity (Wildman–Crippen MR) is 59.5 cm³/mol. The van der Waals surface area contributed by atoms with E-state index in [1.165, 1.54) is 6.20 Å². The first kappa shape index (κ1) is 13.1. The fourth-order valence-electron chi connectivity index (χ4n) is 1.27. The molecule has 0 bridgehead atoms. The van der Waals surface area contributed by atoms with Gasteiger partial charge in [-0.1, -0.05) is 12.1 Å². The quantitative estimate of drug-likeness (QED) is 0.796. The van der Waals surface area contributed by atoms with Gasteiger partial charge < -0.3 is 10.0 Å². The van der Waals surface area contributed by atoms with Crippen LogP contribution < -0.4 is 0 Å². The molecule has 0 saturated heterocycles. The van der Waals surface area contributed by atoms with Crippen molar-refractivity contribution < 1.29 is 14.7 Å². The molecule has 1 aromatic rings. The summed E-state index contributed by atoms with van der Waals surface area (Å²) in [6.45, 7) is 3.61. The number of carboxylic acids is 1. The number of carbonyl (C=O) groups excluding carboxylic acids is 1. The van der Waals surface area contributed by atoms with Gasteiger partial charge in [-0.25, -0.2) is 4.68 Å². The minimum absolute atomic E-state index is 0.104. The van der Waals surface area contributed by atoms with Gasteiger partial charge in [0.1, 0.15) is 6.54 Å². The Kier molecular flexibility index (Phi) is 4.19. The maximum atomic E-state index is 11.9. The van der Waals surface area contributed by atoms with Gasteiger partial charge >= 0.3 is 5.97 Å². The van der Waals surface area contributed by atoms with Crippen molar-refractivity contribution in [3.63, 3.8) is 0 Å². The second-order valence-corrected chi connectivity index (χ2v) is 3.87. The molecular weight excluding hydrogens is 224 g/mol. The summed E-state index contributed by atoms with van der Waals surface area (Å²) in [4.78, 5) is 23.9. The average Bonchev–Trinajstić information content (AvgIpc) is 2.73. The van der Waals surface area contributed by atoms with Crippen LogP contribution in [0, 0.1) is 0 Å². The molecule has 17 heavy (non-hydrogen) atoms. The second kappa shape index (κ2) is 5.42. The number of aliphatic carboxylic acids is 1. The lowest BCUT2D eigenvalue weighted by atomic mass is 10.2. The molecule has 1 aromatic heterocycles. The van der Waals surface area contributed by atoms with Crippen LogP contribution in [0.1, 0.15) is 30.8 Å². The molecule has 0 fully saturated rings. The molecule has 1 N–H and O–H groups in total. The number of carboxylic acid groups (broad SMARTS) is 1. The number of carbonyl (C=O) groups is 2. The SMILES string of the molecule is CCC(C)N(C)C(=O)c1cn(CC(=O)O)nn1. The Hall–Kier alpha value is -1.92. The highest BCUT2D eigenvalue weighted by Gasteiger charge is 2.19. The molecule has 0 aliphatic rings. The van der Waals surface area contributed by atoms with Gasteiger partial charge in [-0.2, -0.15) is 0 Å². The lowest BCUT2D eigenvalue weighted by Gasteiger charge is -2.22. The van der Waals surface area contributed by atoms with Crippen LogP contribution in [0.2, 0.25) is 0 Å². The summed E-state index contributed by atoms with van der Waals surface area (Å²) in [7, 11) is 1.69. The van der Waals surface area contributed by atoms with Crippen LogP contribution in [0.15, 0.2) is 6.20 Å². The van der Waals surface area contributed by atoms with Gasteiger partial charge in [-0.3, -0.25) is 9.59 Å². The molecule has 0 aliphatic carbocycles. The zero-order valence-electron chi connectivity index (χ0n) is 10.1. The third-order valence-corrected chi connectivity index (χ3v) is 2.63. The summed E-state index contributed by atoms with van der Waals surface area (Å²) in [6, 6.07) is 0.104. The topological polar surface area (TPSA) is 88.3 Å². The van der Waals surface area contributed by atoms with Gasteiger partial charge in [0.2, 0.25) is 0 Å². The molecule has 1 amide bonds. The van der Waals surface area contributed by atoms with Crippen LogP contribution in [-0.2, 0) is 11.3 Å². The first-order valence-electron chi connectivity index (χ1n) is 5.34. The number of rotatable bonds is 5. The molecule has 1 unspecified atom stereocenters. The molecule has 1 heterocycles. The van der Waals surface area contributed by atoms with Crippen LogP contribution in [0.3, 0.4) is 0 Å². The lowest BCUT2D eigenvalue weighted by Crippen LogP contribution is -2.34. The van der Waals surface area contributed by atoms with Crippen molar-refractivity contribution in [2.24, 2.45) is 0 Å². The molecule has 0 aliphatic heterocycles. The molecular formula is C10H16N4O3. The standard InChI is InChI=1S/C10H16N4O3/c1-4-7(2)13(3)10(17)8-5-14(12-11-8)6-9(15)16/h5,7H,4,6H2,1-3H3,(H,15,16). The summed E-state index contributed by atoms with van der Waals surface area (Å²) in [5, 5.41) is 15.8. The first-order valence-corrected chi connectivity index (χ1v) is 5.34. The van der Waals surface area contributed by atoms with Crippen molar-refractivity contribution in [2.75, 3.05) is 7.05 Å². The van der Waals surface area contributed by atoms with Gasteiger partial charge in [0.25, 0.3) is 5.91 Å². The van der Waals surface area contributed by atoms with E-state index in [4.69, 9.17) is 5.11 Å². The Morgan fingerprint density at radius 1 is 1.59 bits per heavy atom. The van der Waals surface area contributed by atoms with E-state index in [9.17, 15) is 9.59 Å². The van der Waals surface area contributed by atoms with Gasteiger partial charge in [-0.05, 0) is 13.3 Å². The highest BCUT2D eigenvalue weighted by Crippen LogP contribution is 2.05. The van der Waals surface area contributed by atoms with E-state index in [0.717, 1.165) is 11.1 Å². The first-order chi connectivity index (χ1) is 7.95. The second-order valence-electron chi connectivity index (χ2n) is 3.87. The van der Waals surface area contributed by atoms with Crippen LogP contribution >= 0.6 is 0 Å². The van der Waals surface area contributed by atoms with Gasteiger partial charge in [-0.15, -0.1) is 5.10 Å². The maximum absolute atomic E-state index is 11.9. The molecule has 1 rings (SSSR count). The number of nitrogens with zero attached hydrogens (tertiary/aromatic N) is 4. The number of hydrogen-bond acceptors (Lipinski definition) is 4. The molecule has 0 radical (unpaired) electrons. The van der Waals surface area contributed by atoms with Crippen LogP contribution in [0.25, 0.3) is 0 Å².